The second-order valence-corrected chi connectivity index (χ2v) is 26.7. The fourth-order valence-corrected chi connectivity index (χ4v) is 16.1. The Morgan fingerprint density at radius 1 is 0.162 bits per heavy atom. The maximum absolute atomic E-state index is 2.28. The zero-order valence-corrected chi connectivity index (χ0v) is 55.6. The highest BCUT2D eigenvalue weighted by Gasteiger charge is 2.23. The molecule has 0 N–H and O–H groups in total. The van der Waals surface area contributed by atoms with Gasteiger partial charge >= 0.3 is 0 Å². The SMILES string of the molecule is C1=Cc2ccc3ccccc3c2C1.C1=Cc2ccc3ccccc3c2C1.c1ccc2c(c1)Cc1ccc3ccccc3c1-2.c1ccc2c(c1)Cc1ccc3ccccc3c1-2.c1ccc2c(c1)Cc1ccccc1-2.c1ccc2c(c1)Cc1ccccc1-2.c1ccc2c(c1)Cc1ccccc1-2. The molecule has 0 saturated carbocycles. The molecule has 16 aromatic carbocycles. The fraction of sp³-hybridized carbons (Fsp3) is 0.0707. The Balaban J connectivity index is 0.0000000869. The summed E-state index contributed by atoms with van der Waals surface area (Å²) in [6.45, 7) is 0. The van der Waals surface area contributed by atoms with Gasteiger partial charge in [0.25, 0.3) is 0 Å². The molecule has 0 heterocycles. The Hall–Kier alpha value is -12.0. The maximum atomic E-state index is 2.28. The molecule has 0 amide bonds. The van der Waals surface area contributed by atoms with Gasteiger partial charge < -0.3 is 0 Å². The van der Waals surface area contributed by atoms with Crippen molar-refractivity contribution in [3.05, 3.63) is 430 Å². The number of fused-ring (bicyclic) bond motifs is 25. The lowest BCUT2D eigenvalue weighted by molar-refractivity contribution is 1.26. The first-order valence-corrected chi connectivity index (χ1v) is 35.1. The van der Waals surface area contributed by atoms with Crippen LogP contribution in [0.1, 0.15) is 77.9 Å². The van der Waals surface area contributed by atoms with Crippen molar-refractivity contribution in [3.63, 3.8) is 0 Å². The lowest BCUT2D eigenvalue weighted by Crippen LogP contribution is -1.83. The third kappa shape index (κ3) is 12.1. The van der Waals surface area contributed by atoms with Crippen molar-refractivity contribution in [1.29, 1.82) is 0 Å². The van der Waals surface area contributed by atoms with Crippen molar-refractivity contribution in [1.82, 2.24) is 0 Å². The largest absolute Gasteiger partial charge is 0.0795 e. The lowest BCUT2D eigenvalue weighted by atomic mass is 9.98. The van der Waals surface area contributed by atoms with E-state index >= 15 is 0 Å². The molecular formula is C99H74. The first-order chi connectivity index (χ1) is 49.1. The van der Waals surface area contributed by atoms with Crippen molar-refractivity contribution in [2.24, 2.45) is 0 Å². The Labute approximate surface area is 581 Å². The Kier molecular flexibility index (Phi) is 16.7. The van der Waals surface area contributed by atoms with E-state index in [0.29, 0.717) is 0 Å². The second kappa shape index (κ2) is 27.3. The van der Waals surface area contributed by atoms with Gasteiger partial charge in [0.15, 0.2) is 0 Å². The minimum atomic E-state index is 1.08. The summed E-state index contributed by atoms with van der Waals surface area (Å²) in [6, 6.07) is 122. The molecule has 0 aliphatic heterocycles. The average molecular weight is 1260 g/mol. The van der Waals surface area contributed by atoms with E-state index in [-0.39, 0.29) is 0 Å². The molecule has 99 heavy (non-hydrogen) atoms. The molecule has 0 nitrogen and oxygen atoms in total. The van der Waals surface area contributed by atoms with Crippen LogP contribution in [0.3, 0.4) is 0 Å². The van der Waals surface area contributed by atoms with Gasteiger partial charge in [-0.1, -0.05) is 364 Å². The Morgan fingerprint density at radius 2 is 0.384 bits per heavy atom. The van der Waals surface area contributed by atoms with Crippen molar-refractivity contribution in [2.75, 3.05) is 0 Å². The van der Waals surface area contributed by atoms with E-state index in [9.17, 15) is 0 Å². The summed E-state index contributed by atoms with van der Waals surface area (Å²) in [4.78, 5) is 0. The van der Waals surface area contributed by atoms with Gasteiger partial charge in [-0.15, -0.1) is 0 Å². The first-order valence-electron chi connectivity index (χ1n) is 35.1. The molecular weight excluding hydrogens is 1190 g/mol. The Morgan fingerprint density at radius 3 is 0.697 bits per heavy atom. The third-order valence-electron chi connectivity index (χ3n) is 20.9. The van der Waals surface area contributed by atoms with E-state index in [0.717, 1.165) is 44.9 Å². The molecule has 23 rings (SSSR count). The molecule has 470 valence electrons. The summed E-state index contributed by atoms with van der Waals surface area (Å²) in [5.41, 5.74) is 34.6. The summed E-state index contributed by atoms with van der Waals surface area (Å²) in [5, 5.41) is 11.0. The first kappa shape index (κ1) is 60.7. The van der Waals surface area contributed by atoms with Crippen LogP contribution in [0.15, 0.2) is 352 Å². The number of hydrogen-bond donors (Lipinski definition) is 0. The molecule has 0 fully saturated rings. The molecule has 7 aliphatic carbocycles. The van der Waals surface area contributed by atoms with Crippen LogP contribution in [0.2, 0.25) is 0 Å². The summed E-state index contributed by atoms with van der Waals surface area (Å²) in [6.07, 6.45) is 16.5. The van der Waals surface area contributed by atoms with Crippen LogP contribution in [0.25, 0.3) is 111 Å². The van der Waals surface area contributed by atoms with Crippen molar-refractivity contribution >= 4 is 55.2 Å². The average Bonchev–Trinajstić information content (AvgIpc) is 1.62. The van der Waals surface area contributed by atoms with E-state index in [1.165, 1.54) is 177 Å². The minimum absolute atomic E-state index is 1.08. The molecule has 0 bridgehead atoms. The summed E-state index contributed by atoms with van der Waals surface area (Å²) in [5.74, 6) is 0. The van der Waals surface area contributed by atoms with Gasteiger partial charge in [0.2, 0.25) is 0 Å². The van der Waals surface area contributed by atoms with Gasteiger partial charge in [-0.05, 0) is 222 Å². The van der Waals surface area contributed by atoms with E-state index in [4.69, 9.17) is 0 Å². The lowest BCUT2D eigenvalue weighted by Gasteiger charge is -2.06. The van der Waals surface area contributed by atoms with Gasteiger partial charge in [0.1, 0.15) is 0 Å². The minimum Gasteiger partial charge on any atom is -0.0795 e. The van der Waals surface area contributed by atoms with Gasteiger partial charge in [-0.3, -0.25) is 0 Å². The summed E-state index contributed by atoms with van der Waals surface area (Å²) in [7, 11) is 0. The van der Waals surface area contributed by atoms with Crippen LogP contribution in [0.4, 0.5) is 0 Å². The van der Waals surface area contributed by atoms with Crippen molar-refractivity contribution < 1.29 is 0 Å². The second-order valence-electron chi connectivity index (χ2n) is 26.7. The predicted molar refractivity (Wildman–Crippen MR) is 422 cm³/mol. The summed E-state index contributed by atoms with van der Waals surface area (Å²) < 4.78 is 0. The number of allylic oxidation sites excluding steroid dienone is 2. The van der Waals surface area contributed by atoms with Crippen molar-refractivity contribution in [2.45, 2.75) is 44.9 Å². The number of benzene rings is 16. The quantitative estimate of drug-likeness (QED) is 0.142. The maximum Gasteiger partial charge on any atom is -0.00132 e. The van der Waals surface area contributed by atoms with E-state index in [2.05, 4.69) is 364 Å². The van der Waals surface area contributed by atoms with Gasteiger partial charge in [0.05, 0.1) is 0 Å². The highest BCUT2D eigenvalue weighted by Crippen LogP contribution is 2.44. The predicted octanol–water partition coefficient (Wildman–Crippen LogP) is 25.4. The number of rotatable bonds is 0. The fourth-order valence-electron chi connectivity index (χ4n) is 16.1. The smallest absolute Gasteiger partial charge is 0.00132 e. The molecule has 0 spiro atoms. The van der Waals surface area contributed by atoms with Gasteiger partial charge in [0, 0.05) is 0 Å². The third-order valence-corrected chi connectivity index (χ3v) is 20.9. The molecule has 0 atom stereocenters. The molecule has 7 aliphatic rings. The van der Waals surface area contributed by atoms with Gasteiger partial charge in [-0.25, -0.2) is 0 Å². The molecule has 0 heteroatoms. The molecule has 16 aromatic rings. The molecule has 0 saturated heterocycles. The van der Waals surface area contributed by atoms with Gasteiger partial charge in [-0.2, -0.15) is 0 Å². The normalized spacial score (nSPS) is 12.7. The monoisotopic (exact) mass is 1260 g/mol. The molecule has 0 aromatic heterocycles. The van der Waals surface area contributed by atoms with E-state index < -0.39 is 0 Å². The van der Waals surface area contributed by atoms with Crippen LogP contribution in [0, 0.1) is 0 Å². The highest BCUT2D eigenvalue weighted by atomic mass is 14.3. The zero-order valence-electron chi connectivity index (χ0n) is 55.6. The highest BCUT2D eigenvalue weighted by molar-refractivity contribution is 6.02. The number of hydrogen-bond acceptors (Lipinski definition) is 0. The summed E-state index contributed by atoms with van der Waals surface area (Å²) >= 11 is 0. The topological polar surface area (TPSA) is 0 Å². The zero-order chi connectivity index (χ0) is 65.9. The van der Waals surface area contributed by atoms with Crippen LogP contribution in [0.5, 0.6) is 0 Å². The van der Waals surface area contributed by atoms with Crippen molar-refractivity contribution in [3.8, 4) is 55.6 Å². The Bertz CT molecular complexity index is 5220. The van der Waals surface area contributed by atoms with Crippen LogP contribution in [-0.4, -0.2) is 0 Å². The van der Waals surface area contributed by atoms with Crippen LogP contribution in [-0.2, 0) is 44.9 Å². The van der Waals surface area contributed by atoms with Crippen LogP contribution >= 0.6 is 0 Å². The van der Waals surface area contributed by atoms with Crippen LogP contribution < -0.4 is 0 Å². The standard InChI is InChI=1S/2C17H12.5C13H10/c2*1-3-7-15-12(5-1)9-10-14-11-13-6-2-4-8-16(13)17(14)15;3*1-3-7-12-10(5-1)9-11-6-2-4-8-13(11)12;2*1-2-6-12-10(4-1)8-9-11-5-3-7-13(11)12/h2*1-10H,11H2;3*1-8H,9H2;2*1-6,8-9H,7H2. The molecule has 0 unspecified atom stereocenters. The van der Waals surface area contributed by atoms with E-state index in [1.54, 1.807) is 0 Å². The molecule has 0 radical (unpaired) electrons. The van der Waals surface area contributed by atoms with E-state index in [1.807, 2.05) is 0 Å².